The molecule has 0 spiro atoms. The molecule has 6 heteroatoms. The van der Waals surface area contributed by atoms with Crippen molar-refractivity contribution in [3.05, 3.63) is 0 Å². The van der Waals surface area contributed by atoms with E-state index in [1.165, 1.54) is 28.4 Å². The molecule has 0 radical (unpaired) electrons. The zero-order valence-electron chi connectivity index (χ0n) is 6.84. The highest BCUT2D eigenvalue weighted by molar-refractivity contribution is 6.92. The standard InChI is InChI=1S/C4H12O4Si.H3P/c1-5-9(6-2,7-3)8-4;/h1-4H3;1H3. The molecule has 0 bridgehead atoms. The molecular weight excluding hydrogens is 171 g/mol. The Labute approximate surface area is 65.9 Å². The Morgan fingerprint density at radius 2 is 0.900 bits per heavy atom. The number of hydrogen-bond donors (Lipinski definition) is 0. The minimum atomic E-state index is -2.69. The average molecular weight is 186 g/mol. The van der Waals surface area contributed by atoms with Gasteiger partial charge in [0.15, 0.2) is 0 Å². The van der Waals surface area contributed by atoms with Crippen molar-refractivity contribution in [1.82, 2.24) is 0 Å². The molecule has 0 saturated carbocycles. The van der Waals surface area contributed by atoms with Crippen LogP contribution in [0.1, 0.15) is 0 Å². The Hall–Kier alpha value is 0.487. The molecule has 0 aromatic rings. The van der Waals surface area contributed by atoms with Crippen molar-refractivity contribution in [2.75, 3.05) is 28.4 Å². The molecule has 64 valence electrons. The molecule has 0 heterocycles. The fraction of sp³-hybridized carbons (Fsp3) is 1.00. The van der Waals surface area contributed by atoms with E-state index >= 15 is 0 Å². The molecule has 0 fully saturated rings. The smallest absolute Gasteiger partial charge is 0.355 e. The minimum Gasteiger partial charge on any atom is -0.355 e. The molecule has 0 aromatic heterocycles. The van der Waals surface area contributed by atoms with Gasteiger partial charge in [0.25, 0.3) is 0 Å². The molecule has 0 aliphatic heterocycles. The maximum atomic E-state index is 4.86. The van der Waals surface area contributed by atoms with Gasteiger partial charge in [-0.2, -0.15) is 9.90 Å². The van der Waals surface area contributed by atoms with Gasteiger partial charge >= 0.3 is 9.05 Å². The summed E-state index contributed by atoms with van der Waals surface area (Å²) >= 11 is 0. The van der Waals surface area contributed by atoms with Crippen molar-refractivity contribution in [2.24, 2.45) is 0 Å². The summed E-state index contributed by atoms with van der Waals surface area (Å²) in [6.07, 6.45) is 0. The van der Waals surface area contributed by atoms with E-state index in [1.807, 2.05) is 0 Å². The second-order valence-electron chi connectivity index (χ2n) is 1.32. The van der Waals surface area contributed by atoms with Gasteiger partial charge in [-0.05, 0) is 0 Å². The van der Waals surface area contributed by atoms with Crippen LogP contribution in [0.25, 0.3) is 0 Å². The molecule has 4 nitrogen and oxygen atoms in total. The summed E-state index contributed by atoms with van der Waals surface area (Å²) in [6, 6.07) is 0. The molecule has 10 heavy (non-hydrogen) atoms. The molecule has 0 rings (SSSR count). The number of hydrogen-bond acceptors (Lipinski definition) is 4. The first-order valence-corrected chi connectivity index (χ1v) is 4.08. The van der Waals surface area contributed by atoms with Crippen LogP contribution in [-0.2, 0) is 17.7 Å². The monoisotopic (exact) mass is 186 g/mol. The molecule has 1 unspecified atom stereocenters. The highest BCUT2D eigenvalue weighted by Gasteiger charge is 2.40. The van der Waals surface area contributed by atoms with Gasteiger partial charge in [-0.15, -0.1) is 0 Å². The molecular formula is C4H15O4PSi. The first-order valence-electron chi connectivity index (χ1n) is 2.45. The summed E-state index contributed by atoms with van der Waals surface area (Å²) in [7, 11) is 3.26. The first kappa shape index (κ1) is 13.1. The van der Waals surface area contributed by atoms with Crippen molar-refractivity contribution >= 4 is 18.9 Å². The van der Waals surface area contributed by atoms with Gasteiger partial charge in [0.05, 0.1) is 0 Å². The van der Waals surface area contributed by atoms with Crippen LogP contribution in [0.15, 0.2) is 0 Å². The van der Waals surface area contributed by atoms with Gasteiger partial charge in [0, 0.05) is 28.4 Å². The lowest BCUT2D eigenvalue weighted by Crippen LogP contribution is -2.45. The van der Waals surface area contributed by atoms with Gasteiger partial charge in [-0.3, -0.25) is 0 Å². The first-order chi connectivity index (χ1) is 4.24. The van der Waals surface area contributed by atoms with Crippen LogP contribution in [0.2, 0.25) is 0 Å². The third-order valence-electron chi connectivity index (χ3n) is 1.00. The van der Waals surface area contributed by atoms with Crippen LogP contribution in [0.5, 0.6) is 0 Å². The lowest BCUT2D eigenvalue weighted by molar-refractivity contribution is 0.0226. The third kappa shape index (κ3) is 3.05. The van der Waals surface area contributed by atoms with Crippen molar-refractivity contribution in [2.45, 2.75) is 0 Å². The molecule has 0 saturated heterocycles. The molecule has 0 N–H and O–H groups in total. The van der Waals surface area contributed by atoms with Gasteiger partial charge in [-0.25, -0.2) is 0 Å². The van der Waals surface area contributed by atoms with Gasteiger partial charge in [0.2, 0.25) is 0 Å². The zero-order valence-corrected chi connectivity index (χ0v) is 9.25. The summed E-state index contributed by atoms with van der Waals surface area (Å²) in [4.78, 5) is 0. The van der Waals surface area contributed by atoms with Gasteiger partial charge in [-0.1, -0.05) is 0 Å². The zero-order chi connectivity index (χ0) is 7.33. The molecule has 0 aromatic carbocycles. The normalized spacial score (nSPS) is 10.8. The second kappa shape index (κ2) is 6.21. The molecule has 0 aliphatic carbocycles. The Kier molecular flexibility index (Phi) is 8.14. The fourth-order valence-electron chi connectivity index (χ4n) is 0.500. The van der Waals surface area contributed by atoms with Gasteiger partial charge in [0.1, 0.15) is 0 Å². The van der Waals surface area contributed by atoms with Gasteiger partial charge < -0.3 is 17.7 Å². The number of rotatable bonds is 4. The topological polar surface area (TPSA) is 36.9 Å². The Morgan fingerprint density at radius 3 is 0.900 bits per heavy atom. The van der Waals surface area contributed by atoms with Crippen molar-refractivity contribution < 1.29 is 17.7 Å². The van der Waals surface area contributed by atoms with E-state index in [0.717, 1.165) is 0 Å². The van der Waals surface area contributed by atoms with Crippen LogP contribution in [0.4, 0.5) is 0 Å². The van der Waals surface area contributed by atoms with E-state index in [-0.39, 0.29) is 9.90 Å². The lowest BCUT2D eigenvalue weighted by Gasteiger charge is -2.19. The Morgan fingerprint density at radius 1 is 0.700 bits per heavy atom. The highest BCUT2D eigenvalue weighted by atomic mass is 31.0. The minimum absolute atomic E-state index is 0. The molecule has 0 amide bonds. The lowest BCUT2D eigenvalue weighted by atomic mass is 11.8. The Balaban J connectivity index is 0. The largest absolute Gasteiger partial charge is 0.678 e. The van der Waals surface area contributed by atoms with E-state index in [2.05, 4.69) is 0 Å². The fourth-order valence-corrected chi connectivity index (χ4v) is 1.50. The second-order valence-corrected chi connectivity index (χ2v) is 3.95. The van der Waals surface area contributed by atoms with E-state index in [4.69, 9.17) is 17.7 Å². The van der Waals surface area contributed by atoms with Crippen LogP contribution in [0, 0.1) is 0 Å². The van der Waals surface area contributed by atoms with Crippen LogP contribution in [0.3, 0.4) is 0 Å². The predicted molar refractivity (Wildman–Crippen MR) is 44.9 cm³/mol. The summed E-state index contributed by atoms with van der Waals surface area (Å²) < 4.78 is 19.4. The summed E-state index contributed by atoms with van der Waals surface area (Å²) in [5.41, 5.74) is 0. The van der Waals surface area contributed by atoms with Crippen molar-refractivity contribution in [1.29, 1.82) is 0 Å². The van der Waals surface area contributed by atoms with Crippen LogP contribution < -0.4 is 0 Å². The predicted octanol–water partition coefficient (Wildman–Crippen LogP) is 0.0657. The summed E-state index contributed by atoms with van der Waals surface area (Å²) in [5.74, 6) is 0. The molecule has 0 aliphatic rings. The van der Waals surface area contributed by atoms with E-state index in [0.29, 0.717) is 0 Å². The maximum Gasteiger partial charge on any atom is 0.678 e. The maximum absolute atomic E-state index is 4.86. The van der Waals surface area contributed by atoms with Crippen LogP contribution >= 0.6 is 9.90 Å². The summed E-state index contributed by atoms with van der Waals surface area (Å²) in [5, 5.41) is 0. The highest BCUT2D eigenvalue weighted by Crippen LogP contribution is 2.04. The molecule has 1 atom stereocenters. The quantitative estimate of drug-likeness (QED) is 0.460. The SMILES string of the molecule is CO[Si](OC)(OC)OC.P. The van der Waals surface area contributed by atoms with Crippen molar-refractivity contribution in [3.63, 3.8) is 0 Å². The van der Waals surface area contributed by atoms with E-state index < -0.39 is 9.05 Å². The summed E-state index contributed by atoms with van der Waals surface area (Å²) in [6.45, 7) is 0. The third-order valence-corrected chi connectivity index (χ3v) is 3.00. The van der Waals surface area contributed by atoms with E-state index in [9.17, 15) is 0 Å². The van der Waals surface area contributed by atoms with E-state index in [1.54, 1.807) is 0 Å². The Bertz CT molecular complexity index is 60.1. The van der Waals surface area contributed by atoms with Crippen LogP contribution in [-0.4, -0.2) is 37.5 Å². The van der Waals surface area contributed by atoms with Crippen molar-refractivity contribution in [3.8, 4) is 0 Å². The average Bonchev–Trinajstić information content (AvgIpc) is 1.95.